The van der Waals surface area contributed by atoms with Gasteiger partial charge in [-0.3, -0.25) is 4.79 Å². The van der Waals surface area contributed by atoms with Gasteiger partial charge in [0.15, 0.2) is 12.1 Å². The van der Waals surface area contributed by atoms with Crippen molar-refractivity contribution in [2.45, 2.75) is 59.0 Å². The summed E-state index contributed by atoms with van der Waals surface area (Å²) in [6.07, 6.45) is 5.46. The van der Waals surface area contributed by atoms with Crippen molar-refractivity contribution >= 4 is 17.9 Å². The normalized spacial score (nSPS) is 17.3. The summed E-state index contributed by atoms with van der Waals surface area (Å²) in [7, 11) is 0. The molecule has 0 heterocycles. The van der Waals surface area contributed by atoms with E-state index in [-0.39, 0.29) is 11.7 Å². The SMILES string of the molecule is CCOC(C)(C)c1cc2c(cc1/C(C)=C(/F)C=O)C=CCC2(C)C. The minimum absolute atomic E-state index is 0.0144. The maximum atomic E-state index is 14.0. The van der Waals surface area contributed by atoms with Gasteiger partial charge in [0.2, 0.25) is 0 Å². The lowest BCUT2D eigenvalue weighted by Gasteiger charge is -2.34. The Labute approximate surface area is 144 Å². The van der Waals surface area contributed by atoms with Gasteiger partial charge in [0.1, 0.15) is 0 Å². The first kappa shape index (κ1) is 18.6. The lowest BCUT2D eigenvalue weighted by atomic mass is 9.73. The van der Waals surface area contributed by atoms with Crippen LogP contribution >= 0.6 is 0 Å². The fourth-order valence-corrected chi connectivity index (χ4v) is 3.39. The Morgan fingerprint density at radius 3 is 2.62 bits per heavy atom. The van der Waals surface area contributed by atoms with Crippen molar-refractivity contribution in [3.05, 3.63) is 46.3 Å². The Balaban J connectivity index is 2.80. The quantitative estimate of drug-likeness (QED) is 0.522. The number of carbonyl (C=O) groups is 1. The maximum Gasteiger partial charge on any atom is 0.178 e. The number of hydrogen-bond acceptors (Lipinski definition) is 2. The number of fused-ring (bicyclic) bond motifs is 1. The van der Waals surface area contributed by atoms with Crippen LogP contribution < -0.4 is 0 Å². The summed E-state index contributed by atoms with van der Waals surface area (Å²) in [5.74, 6) is -0.734. The molecule has 0 radical (unpaired) electrons. The average molecular weight is 330 g/mol. The zero-order chi connectivity index (χ0) is 18.1. The van der Waals surface area contributed by atoms with Crippen molar-refractivity contribution in [2.24, 2.45) is 0 Å². The second kappa shape index (κ2) is 6.64. The molecule has 0 fully saturated rings. The predicted molar refractivity (Wildman–Crippen MR) is 97.5 cm³/mol. The van der Waals surface area contributed by atoms with Crippen molar-refractivity contribution < 1.29 is 13.9 Å². The van der Waals surface area contributed by atoms with Crippen LogP contribution in [0.25, 0.3) is 11.6 Å². The molecule has 0 saturated carbocycles. The van der Waals surface area contributed by atoms with Crippen molar-refractivity contribution in [2.75, 3.05) is 6.61 Å². The van der Waals surface area contributed by atoms with Crippen molar-refractivity contribution in [1.82, 2.24) is 0 Å². The highest BCUT2D eigenvalue weighted by Gasteiger charge is 2.31. The third kappa shape index (κ3) is 3.36. The Kier molecular flexibility index (Phi) is 5.14. The third-order valence-corrected chi connectivity index (χ3v) is 4.86. The largest absolute Gasteiger partial charge is 0.371 e. The number of hydrogen-bond donors (Lipinski definition) is 0. The molecule has 0 aromatic heterocycles. The predicted octanol–water partition coefficient (Wildman–Crippen LogP) is 5.55. The van der Waals surface area contributed by atoms with Crippen molar-refractivity contribution in [3.8, 4) is 0 Å². The minimum Gasteiger partial charge on any atom is -0.371 e. The summed E-state index contributed by atoms with van der Waals surface area (Å²) in [6, 6.07) is 4.12. The molecule has 0 unspecified atom stereocenters. The molecule has 130 valence electrons. The van der Waals surface area contributed by atoms with Crippen LogP contribution in [-0.4, -0.2) is 12.9 Å². The van der Waals surface area contributed by atoms with Gasteiger partial charge in [0.05, 0.1) is 5.60 Å². The van der Waals surface area contributed by atoms with E-state index < -0.39 is 11.4 Å². The highest BCUT2D eigenvalue weighted by molar-refractivity contribution is 5.86. The van der Waals surface area contributed by atoms with E-state index in [1.54, 1.807) is 6.92 Å². The molecular formula is C21H27FO2. The molecule has 0 bridgehead atoms. The molecule has 3 heteroatoms. The van der Waals surface area contributed by atoms with E-state index in [0.717, 1.165) is 23.1 Å². The number of rotatable bonds is 5. The first-order valence-corrected chi connectivity index (χ1v) is 8.45. The Hall–Kier alpha value is -1.74. The lowest BCUT2D eigenvalue weighted by molar-refractivity contribution is -0.106. The number of allylic oxidation sites excluding steroid dienone is 3. The summed E-state index contributed by atoms with van der Waals surface area (Å²) in [6.45, 7) is 12.5. The fraction of sp³-hybridized carbons (Fsp3) is 0.476. The molecule has 0 amide bonds. The lowest BCUT2D eigenvalue weighted by Crippen LogP contribution is -2.27. The monoisotopic (exact) mass is 330 g/mol. The number of ether oxygens (including phenoxy) is 1. The molecule has 0 spiro atoms. The smallest absolute Gasteiger partial charge is 0.178 e. The second-order valence-electron chi connectivity index (χ2n) is 7.51. The summed E-state index contributed by atoms with van der Waals surface area (Å²) >= 11 is 0. The van der Waals surface area contributed by atoms with Crippen LogP contribution in [0.1, 0.15) is 70.2 Å². The Bertz CT molecular complexity index is 709. The van der Waals surface area contributed by atoms with Gasteiger partial charge in [-0.05, 0) is 73.4 Å². The summed E-state index contributed by atoms with van der Waals surface area (Å²) in [5.41, 5.74) is 3.76. The van der Waals surface area contributed by atoms with Crippen LogP contribution in [0.15, 0.2) is 24.0 Å². The van der Waals surface area contributed by atoms with Gasteiger partial charge in [-0.1, -0.05) is 32.1 Å². The number of aldehydes is 1. The van der Waals surface area contributed by atoms with Crippen LogP contribution in [0.4, 0.5) is 4.39 Å². The van der Waals surface area contributed by atoms with Gasteiger partial charge in [-0.25, -0.2) is 4.39 Å². The van der Waals surface area contributed by atoms with E-state index >= 15 is 0 Å². The third-order valence-electron chi connectivity index (χ3n) is 4.86. The van der Waals surface area contributed by atoms with Gasteiger partial charge in [0.25, 0.3) is 0 Å². The molecule has 0 aliphatic heterocycles. The first-order valence-electron chi connectivity index (χ1n) is 8.45. The van der Waals surface area contributed by atoms with Crippen LogP contribution in [-0.2, 0) is 20.5 Å². The summed E-state index contributed by atoms with van der Waals surface area (Å²) < 4.78 is 19.9. The number of benzene rings is 1. The number of carbonyl (C=O) groups excluding carboxylic acids is 1. The molecule has 0 saturated heterocycles. The van der Waals surface area contributed by atoms with E-state index in [1.807, 2.05) is 26.8 Å². The van der Waals surface area contributed by atoms with Gasteiger partial charge in [-0.15, -0.1) is 0 Å². The number of halogens is 1. The fourth-order valence-electron chi connectivity index (χ4n) is 3.39. The Morgan fingerprint density at radius 1 is 1.38 bits per heavy atom. The molecular weight excluding hydrogens is 303 g/mol. The van der Waals surface area contributed by atoms with Gasteiger partial charge < -0.3 is 4.74 Å². The Morgan fingerprint density at radius 2 is 2.04 bits per heavy atom. The highest BCUT2D eigenvalue weighted by atomic mass is 19.1. The summed E-state index contributed by atoms with van der Waals surface area (Å²) in [4.78, 5) is 10.9. The molecule has 2 nitrogen and oxygen atoms in total. The average Bonchev–Trinajstić information content (AvgIpc) is 2.52. The van der Waals surface area contributed by atoms with E-state index in [0.29, 0.717) is 12.2 Å². The molecule has 24 heavy (non-hydrogen) atoms. The molecule has 0 N–H and O–H groups in total. The topological polar surface area (TPSA) is 26.3 Å². The van der Waals surface area contributed by atoms with Crippen LogP contribution in [0, 0.1) is 0 Å². The van der Waals surface area contributed by atoms with Crippen molar-refractivity contribution in [1.29, 1.82) is 0 Å². The second-order valence-corrected chi connectivity index (χ2v) is 7.51. The van der Waals surface area contributed by atoms with E-state index in [4.69, 9.17) is 4.74 Å². The standard InChI is InChI=1S/C21H27FO2/c1-7-24-21(5,6)18-12-17-15(9-8-10-20(17,3)4)11-16(18)14(2)19(22)13-23/h8-9,11-13H,7,10H2,1-6H3/b19-14+. The van der Waals surface area contributed by atoms with Gasteiger partial charge in [-0.2, -0.15) is 0 Å². The zero-order valence-electron chi connectivity index (χ0n) is 15.5. The van der Waals surface area contributed by atoms with Crippen molar-refractivity contribution in [3.63, 3.8) is 0 Å². The molecule has 1 aromatic rings. The van der Waals surface area contributed by atoms with E-state index in [1.165, 1.54) is 5.56 Å². The van der Waals surface area contributed by atoms with Crippen LogP contribution in [0.3, 0.4) is 0 Å². The molecule has 2 rings (SSSR count). The van der Waals surface area contributed by atoms with Crippen LogP contribution in [0.5, 0.6) is 0 Å². The van der Waals surface area contributed by atoms with Gasteiger partial charge in [0, 0.05) is 6.61 Å². The zero-order valence-corrected chi connectivity index (χ0v) is 15.5. The molecule has 0 atom stereocenters. The van der Waals surface area contributed by atoms with E-state index in [9.17, 15) is 9.18 Å². The molecule has 1 aliphatic carbocycles. The molecule has 1 aromatic carbocycles. The van der Waals surface area contributed by atoms with Crippen LogP contribution in [0.2, 0.25) is 0 Å². The molecule has 1 aliphatic rings. The van der Waals surface area contributed by atoms with Gasteiger partial charge >= 0.3 is 0 Å². The van der Waals surface area contributed by atoms with E-state index in [2.05, 4.69) is 32.1 Å². The summed E-state index contributed by atoms with van der Waals surface area (Å²) in [5, 5.41) is 0. The minimum atomic E-state index is -0.734. The maximum absolute atomic E-state index is 14.0. The highest BCUT2D eigenvalue weighted by Crippen LogP contribution is 2.41. The first-order chi connectivity index (χ1) is 11.1.